The quantitative estimate of drug-likeness (QED) is 0.713. The molecule has 1 N–H and O–H groups in total. The van der Waals surface area contributed by atoms with Gasteiger partial charge in [-0.2, -0.15) is 18.3 Å². The second kappa shape index (κ2) is 6.07. The molecule has 0 radical (unpaired) electrons. The van der Waals surface area contributed by atoms with Crippen molar-refractivity contribution in [2.75, 3.05) is 0 Å². The van der Waals surface area contributed by atoms with Gasteiger partial charge in [-0.05, 0) is 36.2 Å². The molecule has 1 heterocycles. The van der Waals surface area contributed by atoms with Crippen molar-refractivity contribution in [3.8, 4) is 11.1 Å². The summed E-state index contributed by atoms with van der Waals surface area (Å²) >= 11 is 6.22. The zero-order valence-electron chi connectivity index (χ0n) is 12.9. The molecule has 8 heteroatoms. The van der Waals surface area contributed by atoms with Crippen LogP contribution in [0.5, 0.6) is 0 Å². The molecule has 0 saturated heterocycles. The van der Waals surface area contributed by atoms with E-state index in [4.69, 9.17) is 11.6 Å². The predicted molar refractivity (Wildman–Crippen MR) is 87.9 cm³/mol. The number of carboxylic acids is 1. The van der Waals surface area contributed by atoms with Crippen molar-refractivity contribution < 1.29 is 23.1 Å². The van der Waals surface area contributed by atoms with Gasteiger partial charge in [-0.25, -0.2) is 4.79 Å². The number of fused-ring (bicyclic) bond motifs is 1. The first kappa shape index (κ1) is 17.3. The van der Waals surface area contributed by atoms with Crippen LogP contribution in [0.1, 0.15) is 15.9 Å². The van der Waals surface area contributed by atoms with Crippen molar-refractivity contribution in [2.45, 2.75) is 19.6 Å². The summed E-state index contributed by atoms with van der Waals surface area (Å²) in [5.41, 5.74) is 2.03. The lowest BCUT2D eigenvalue weighted by Gasteiger charge is -2.07. The van der Waals surface area contributed by atoms with Gasteiger partial charge in [0.15, 0.2) is 0 Å². The molecule has 0 aliphatic carbocycles. The standard InChI is InChI=1S/C17H12ClF3N2O2/c1-9-2-3-11(14(18)4-9)10-5-12(16(24)25)13-7-23(8-17(19,20)21)22-15(13)6-10/h2-7H,8H2,1H3,(H,24,25). The molecule has 4 nitrogen and oxygen atoms in total. The van der Waals surface area contributed by atoms with Gasteiger partial charge < -0.3 is 5.11 Å². The second-order valence-corrected chi connectivity index (χ2v) is 6.09. The van der Waals surface area contributed by atoms with Crippen LogP contribution >= 0.6 is 11.6 Å². The molecule has 0 bridgehead atoms. The van der Waals surface area contributed by atoms with Crippen LogP contribution in [0, 0.1) is 6.92 Å². The highest BCUT2D eigenvalue weighted by Gasteiger charge is 2.29. The van der Waals surface area contributed by atoms with Gasteiger partial charge in [-0.1, -0.05) is 23.7 Å². The molecule has 0 saturated carbocycles. The third-order valence-electron chi connectivity index (χ3n) is 3.68. The molecular formula is C17H12ClF3N2O2. The summed E-state index contributed by atoms with van der Waals surface area (Å²) in [6.45, 7) is 0.571. The van der Waals surface area contributed by atoms with Gasteiger partial charge in [-0.15, -0.1) is 0 Å². The Morgan fingerprint density at radius 1 is 1.28 bits per heavy atom. The van der Waals surface area contributed by atoms with Crippen molar-refractivity contribution in [1.29, 1.82) is 0 Å². The minimum absolute atomic E-state index is 0.127. The van der Waals surface area contributed by atoms with Crippen molar-refractivity contribution in [3.63, 3.8) is 0 Å². The Balaban J connectivity index is 2.20. The van der Waals surface area contributed by atoms with Crippen molar-refractivity contribution in [2.24, 2.45) is 0 Å². The van der Waals surface area contributed by atoms with E-state index in [0.717, 1.165) is 11.8 Å². The van der Waals surface area contributed by atoms with Crippen LogP contribution in [0.3, 0.4) is 0 Å². The summed E-state index contributed by atoms with van der Waals surface area (Å²) in [7, 11) is 0. The van der Waals surface area contributed by atoms with E-state index in [9.17, 15) is 23.1 Å². The Morgan fingerprint density at radius 2 is 2.00 bits per heavy atom. The number of carboxylic acid groups (broad SMARTS) is 1. The number of halogens is 4. The lowest BCUT2D eigenvalue weighted by molar-refractivity contribution is -0.142. The Labute approximate surface area is 145 Å². The van der Waals surface area contributed by atoms with Crippen molar-refractivity contribution >= 4 is 28.5 Å². The van der Waals surface area contributed by atoms with E-state index >= 15 is 0 Å². The smallest absolute Gasteiger partial charge is 0.408 e. The minimum Gasteiger partial charge on any atom is -0.478 e. The second-order valence-electron chi connectivity index (χ2n) is 5.69. The fraction of sp³-hybridized carbons (Fsp3) is 0.176. The molecule has 0 amide bonds. The van der Waals surface area contributed by atoms with Gasteiger partial charge >= 0.3 is 12.1 Å². The van der Waals surface area contributed by atoms with E-state index < -0.39 is 18.7 Å². The Morgan fingerprint density at radius 3 is 2.60 bits per heavy atom. The van der Waals surface area contributed by atoms with Gasteiger partial charge in [0.2, 0.25) is 0 Å². The number of hydrogen-bond acceptors (Lipinski definition) is 2. The fourth-order valence-electron chi connectivity index (χ4n) is 2.62. The molecule has 1 aromatic heterocycles. The van der Waals surface area contributed by atoms with E-state index in [1.165, 1.54) is 12.1 Å². The lowest BCUT2D eigenvalue weighted by Crippen LogP contribution is -2.17. The molecule has 0 atom stereocenters. The first-order valence-corrected chi connectivity index (χ1v) is 7.59. The van der Waals surface area contributed by atoms with Crippen LogP contribution in [-0.4, -0.2) is 27.0 Å². The number of rotatable bonds is 3. The molecule has 0 aliphatic rings. The highest BCUT2D eigenvalue weighted by molar-refractivity contribution is 6.33. The monoisotopic (exact) mass is 368 g/mol. The van der Waals surface area contributed by atoms with Crippen molar-refractivity contribution in [1.82, 2.24) is 9.78 Å². The van der Waals surface area contributed by atoms with Crippen LogP contribution in [0.4, 0.5) is 13.2 Å². The number of alkyl halides is 3. The van der Waals surface area contributed by atoms with Crippen LogP contribution < -0.4 is 0 Å². The molecule has 0 spiro atoms. The number of nitrogens with zero attached hydrogens (tertiary/aromatic N) is 2. The third-order valence-corrected chi connectivity index (χ3v) is 3.99. The average Bonchev–Trinajstić information content (AvgIpc) is 2.85. The van der Waals surface area contributed by atoms with Crippen molar-refractivity contribution in [3.05, 3.63) is 52.7 Å². The summed E-state index contributed by atoms with van der Waals surface area (Å²) in [5, 5.41) is 13.8. The van der Waals surface area contributed by atoms with Gasteiger partial charge in [0, 0.05) is 22.2 Å². The van der Waals surface area contributed by atoms with Gasteiger partial charge in [0.05, 0.1) is 11.1 Å². The SMILES string of the molecule is Cc1ccc(-c2cc(C(=O)O)c3cn(CC(F)(F)F)nc3c2)c(Cl)c1. The van der Waals surface area contributed by atoms with Crippen LogP contribution in [0.15, 0.2) is 36.5 Å². The summed E-state index contributed by atoms with van der Waals surface area (Å²) in [6.07, 6.45) is -3.36. The zero-order valence-corrected chi connectivity index (χ0v) is 13.7. The molecule has 0 fully saturated rings. The minimum atomic E-state index is -4.45. The maximum absolute atomic E-state index is 12.6. The van der Waals surface area contributed by atoms with Crippen LogP contribution in [-0.2, 0) is 6.54 Å². The topological polar surface area (TPSA) is 55.1 Å². The van der Waals surface area contributed by atoms with E-state index in [1.54, 1.807) is 12.1 Å². The van der Waals surface area contributed by atoms with Gasteiger partial charge in [-0.3, -0.25) is 4.68 Å². The number of hydrogen-bond donors (Lipinski definition) is 1. The third kappa shape index (κ3) is 3.61. The molecular weight excluding hydrogens is 357 g/mol. The summed E-state index contributed by atoms with van der Waals surface area (Å²) in [5.74, 6) is -1.25. The number of aryl methyl sites for hydroxylation is 1. The normalized spacial score (nSPS) is 11.9. The van der Waals surface area contributed by atoms with E-state index in [2.05, 4.69) is 5.10 Å². The molecule has 2 aromatic carbocycles. The number of carbonyl (C=O) groups is 1. The van der Waals surface area contributed by atoms with E-state index in [1.807, 2.05) is 13.0 Å². The summed E-state index contributed by atoms with van der Waals surface area (Å²) in [6, 6.07) is 8.20. The maximum Gasteiger partial charge on any atom is 0.408 e. The Kier molecular flexibility index (Phi) is 4.20. The fourth-order valence-corrected chi connectivity index (χ4v) is 2.97. The number of aromatic carboxylic acids is 1. The molecule has 3 rings (SSSR count). The predicted octanol–water partition coefficient (Wildman–Crippen LogP) is 4.93. The molecule has 0 unspecified atom stereocenters. The molecule has 25 heavy (non-hydrogen) atoms. The van der Waals surface area contributed by atoms with Gasteiger partial charge in [0.1, 0.15) is 6.54 Å². The molecule has 3 aromatic rings. The molecule has 0 aliphatic heterocycles. The Hall–Kier alpha value is -2.54. The zero-order chi connectivity index (χ0) is 18.4. The highest BCUT2D eigenvalue weighted by Crippen LogP contribution is 2.33. The number of aromatic nitrogens is 2. The Bertz CT molecular complexity index is 980. The first-order chi connectivity index (χ1) is 11.6. The van der Waals surface area contributed by atoms with Crippen LogP contribution in [0.25, 0.3) is 22.0 Å². The average molecular weight is 369 g/mol. The van der Waals surface area contributed by atoms with Gasteiger partial charge in [0.25, 0.3) is 0 Å². The van der Waals surface area contributed by atoms with Crippen LogP contribution in [0.2, 0.25) is 5.02 Å². The highest BCUT2D eigenvalue weighted by atomic mass is 35.5. The van der Waals surface area contributed by atoms with E-state index in [-0.39, 0.29) is 16.5 Å². The summed E-state index contributed by atoms with van der Waals surface area (Å²) in [4.78, 5) is 11.5. The lowest BCUT2D eigenvalue weighted by atomic mass is 9.99. The van der Waals surface area contributed by atoms with E-state index in [0.29, 0.717) is 20.8 Å². The molecule has 130 valence electrons. The largest absolute Gasteiger partial charge is 0.478 e. The maximum atomic E-state index is 12.6. The number of benzene rings is 2. The first-order valence-electron chi connectivity index (χ1n) is 7.22. The summed E-state index contributed by atoms with van der Waals surface area (Å²) < 4.78 is 38.4.